The van der Waals surface area contributed by atoms with Crippen molar-refractivity contribution in [2.45, 2.75) is 19.3 Å². The van der Waals surface area contributed by atoms with Crippen molar-refractivity contribution in [3.05, 3.63) is 42.0 Å². The van der Waals surface area contributed by atoms with Crippen molar-refractivity contribution in [3.8, 4) is 11.5 Å². The molecule has 0 fully saturated rings. The van der Waals surface area contributed by atoms with Crippen LogP contribution in [-0.2, 0) is 12.8 Å². The molecule has 1 aromatic carbocycles. The van der Waals surface area contributed by atoms with Crippen molar-refractivity contribution in [2.24, 2.45) is 5.73 Å². The van der Waals surface area contributed by atoms with Gasteiger partial charge in [0, 0.05) is 24.7 Å². The van der Waals surface area contributed by atoms with Crippen LogP contribution in [-0.4, -0.2) is 28.8 Å². The van der Waals surface area contributed by atoms with Crippen LogP contribution >= 0.6 is 0 Å². The highest BCUT2D eigenvalue weighted by Gasteiger charge is 2.14. The highest BCUT2D eigenvalue weighted by atomic mass is 16.7. The van der Waals surface area contributed by atoms with E-state index in [1.807, 2.05) is 18.2 Å². The molecule has 0 unspecified atom stereocenters. The standard InChI is InChI=1S/C15H17N3O3/c16-6-5-12-8-17-9-18(12)15(19)4-2-11-1-3-13-14(7-11)21-10-20-13/h1,3,7-9H,2,4-6,10,16H2. The molecule has 2 heterocycles. The fraction of sp³-hybridized carbons (Fsp3) is 0.333. The van der Waals surface area contributed by atoms with Gasteiger partial charge in [0.1, 0.15) is 6.33 Å². The van der Waals surface area contributed by atoms with Gasteiger partial charge in [0.2, 0.25) is 12.7 Å². The van der Waals surface area contributed by atoms with E-state index in [4.69, 9.17) is 15.2 Å². The van der Waals surface area contributed by atoms with Gasteiger partial charge in [0.25, 0.3) is 0 Å². The number of fused-ring (bicyclic) bond motifs is 1. The zero-order valence-corrected chi connectivity index (χ0v) is 11.6. The average Bonchev–Trinajstić information content (AvgIpc) is 3.13. The van der Waals surface area contributed by atoms with E-state index < -0.39 is 0 Å². The average molecular weight is 287 g/mol. The summed E-state index contributed by atoms with van der Waals surface area (Å²) < 4.78 is 12.2. The molecular formula is C15H17N3O3. The lowest BCUT2D eigenvalue weighted by Gasteiger charge is -2.06. The molecule has 21 heavy (non-hydrogen) atoms. The Kier molecular flexibility index (Phi) is 3.87. The van der Waals surface area contributed by atoms with Gasteiger partial charge >= 0.3 is 0 Å². The number of benzene rings is 1. The highest BCUT2D eigenvalue weighted by Crippen LogP contribution is 2.32. The smallest absolute Gasteiger partial charge is 0.232 e. The fourth-order valence-electron chi connectivity index (χ4n) is 2.35. The molecule has 1 aliphatic heterocycles. The molecular weight excluding hydrogens is 270 g/mol. The molecule has 0 aliphatic carbocycles. The third-order valence-corrected chi connectivity index (χ3v) is 3.45. The third-order valence-electron chi connectivity index (χ3n) is 3.45. The molecule has 6 heteroatoms. The van der Waals surface area contributed by atoms with Gasteiger partial charge in [-0.3, -0.25) is 9.36 Å². The zero-order valence-electron chi connectivity index (χ0n) is 11.6. The summed E-state index contributed by atoms with van der Waals surface area (Å²) >= 11 is 0. The monoisotopic (exact) mass is 287 g/mol. The van der Waals surface area contributed by atoms with E-state index in [0.29, 0.717) is 25.8 Å². The normalized spacial score (nSPS) is 12.6. The molecule has 3 rings (SSSR count). The summed E-state index contributed by atoms with van der Waals surface area (Å²) in [5.41, 5.74) is 7.43. The molecule has 0 radical (unpaired) electrons. The topological polar surface area (TPSA) is 79.4 Å². The molecule has 0 saturated heterocycles. The number of aryl methyl sites for hydroxylation is 1. The minimum absolute atomic E-state index is 0.0219. The molecule has 0 bridgehead atoms. The summed E-state index contributed by atoms with van der Waals surface area (Å²) in [6, 6.07) is 5.75. The fourth-order valence-corrected chi connectivity index (χ4v) is 2.35. The van der Waals surface area contributed by atoms with E-state index in [9.17, 15) is 4.79 Å². The largest absolute Gasteiger partial charge is 0.454 e. The van der Waals surface area contributed by atoms with E-state index >= 15 is 0 Å². The van der Waals surface area contributed by atoms with Crippen LogP contribution in [0.2, 0.25) is 0 Å². The van der Waals surface area contributed by atoms with Crippen LogP contribution < -0.4 is 15.2 Å². The Morgan fingerprint density at radius 1 is 1.29 bits per heavy atom. The van der Waals surface area contributed by atoms with Crippen molar-refractivity contribution in [1.29, 1.82) is 0 Å². The van der Waals surface area contributed by atoms with Crippen LogP contribution in [0.15, 0.2) is 30.7 Å². The zero-order chi connectivity index (χ0) is 14.7. The number of hydrogen-bond acceptors (Lipinski definition) is 5. The SMILES string of the molecule is NCCc1cncn1C(=O)CCc1ccc2c(c1)OCO2. The molecule has 6 nitrogen and oxygen atoms in total. The molecule has 2 N–H and O–H groups in total. The number of carbonyl (C=O) groups excluding carboxylic acids is 1. The Labute approximate surface area is 122 Å². The Bertz CT molecular complexity index is 651. The van der Waals surface area contributed by atoms with Crippen molar-refractivity contribution in [1.82, 2.24) is 9.55 Å². The summed E-state index contributed by atoms with van der Waals surface area (Å²) in [7, 11) is 0. The summed E-state index contributed by atoms with van der Waals surface area (Å²) in [5.74, 6) is 1.52. The number of carbonyl (C=O) groups is 1. The van der Waals surface area contributed by atoms with Gasteiger partial charge in [-0.15, -0.1) is 0 Å². The number of imidazole rings is 1. The first kappa shape index (κ1) is 13.6. The summed E-state index contributed by atoms with van der Waals surface area (Å²) in [4.78, 5) is 16.2. The van der Waals surface area contributed by atoms with Gasteiger partial charge in [-0.25, -0.2) is 4.98 Å². The summed E-state index contributed by atoms with van der Waals surface area (Å²) in [6.45, 7) is 0.760. The van der Waals surface area contributed by atoms with Crippen LogP contribution in [0.1, 0.15) is 22.5 Å². The number of rotatable bonds is 5. The maximum Gasteiger partial charge on any atom is 0.232 e. The molecule has 0 amide bonds. The Hall–Kier alpha value is -2.34. The van der Waals surface area contributed by atoms with Crippen LogP contribution in [0.5, 0.6) is 11.5 Å². The van der Waals surface area contributed by atoms with Crippen LogP contribution in [0.3, 0.4) is 0 Å². The van der Waals surface area contributed by atoms with Crippen LogP contribution in [0.25, 0.3) is 0 Å². The minimum Gasteiger partial charge on any atom is -0.454 e. The Balaban J connectivity index is 1.64. The van der Waals surface area contributed by atoms with Crippen molar-refractivity contribution >= 4 is 5.91 Å². The lowest BCUT2D eigenvalue weighted by atomic mass is 10.1. The second-order valence-electron chi connectivity index (χ2n) is 4.88. The molecule has 1 aliphatic rings. The second kappa shape index (κ2) is 5.97. The summed E-state index contributed by atoms with van der Waals surface area (Å²) in [6.07, 6.45) is 4.94. The number of ether oxygens (including phenoxy) is 2. The first-order valence-electron chi connectivity index (χ1n) is 6.91. The highest BCUT2D eigenvalue weighted by molar-refractivity contribution is 5.79. The number of nitrogens with zero attached hydrogens (tertiary/aromatic N) is 2. The predicted molar refractivity (Wildman–Crippen MR) is 76.5 cm³/mol. The van der Waals surface area contributed by atoms with Crippen LogP contribution in [0, 0.1) is 0 Å². The van der Waals surface area contributed by atoms with Crippen molar-refractivity contribution < 1.29 is 14.3 Å². The molecule has 0 saturated carbocycles. The second-order valence-corrected chi connectivity index (χ2v) is 4.88. The van der Waals surface area contributed by atoms with E-state index in [2.05, 4.69) is 4.98 Å². The van der Waals surface area contributed by atoms with Crippen molar-refractivity contribution in [3.63, 3.8) is 0 Å². The Morgan fingerprint density at radius 2 is 2.14 bits per heavy atom. The molecule has 0 atom stereocenters. The number of nitrogens with two attached hydrogens (primary N) is 1. The minimum atomic E-state index is 0.0219. The molecule has 2 aromatic rings. The lowest BCUT2D eigenvalue weighted by molar-refractivity contribution is 0.0899. The van der Waals surface area contributed by atoms with Gasteiger partial charge < -0.3 is 15.2 Å². The maximum absolute atomic E-state index is 12.2. The first-order chi connectivity index (χ1) is 10.3. The maximum atomic E-state index is 12.2. The van der Waals surface area contributed by atoms with Gasteiger partial charge in [-0.1, -0.05) is 6.07 Å². The van der Waals surface area contributed by atoms with Gasteiger partial charge in [0.05, 0.1) is 0 Å². The van der Waals surface area contributed by atoms with E-state index in [1.54, 1.807) is 17.1 Å². The molecule has 0 spiro atoms. The third kappa shape index (κ3) is 2.90. The van der Waals surface area contributed by atoms with Gasteiger partial charge in [-0.2, -0.15) is 0 Å². The van der Waals surface area contributed by atoms with E-state index in [1.165, 1.54) is 0 Å². The van der Waals surface area contributed by atoms with Crippen LogP contribution in [0.4, 0.5) is 0 Å². The molecule has 110 valence electrons. The number of aromatic nitrogens is 2. The molecule has 1 aromatic heterocycles. The summed E-state index contributed by atoms with van der Waals surface area (Å²) in [5, 5.41) is 0. The van der Waals surface area contributed by atoms with Gasteiger partial charge in [0.15, 0.2) is 11.5 Å². The van der Waals surface area contributed by atoms with E-state index in [-0.39, 0.29) is 12.7 Å². The quantitative estimate of drug-likeness (QED) is 0.899. The van der Waals surface area contributed by atoms with Gasteiger partial charge in [-0.05, 0) is 30.7 Å². The lowest BCUT2D eigenvalue weighted by Crippen LogP contribution is -2.16. The predicted octanol–water partition coefficient (Wildman–Crippen LogP) is 1.39. The van der Waals surface area contributed by atoms with Crippen molar-refractivity contribution in [2.75, 3.05) is 13.3 Å². The Morgan fingerprint density at radius 3 is 3.00 bits per heavy atom. The van der Waals surface area contributed by atoms with E-state index in [0.717, 1.165) is 22.8 Å². The number of hydrogen-bond donors (Lipinski definition) is 1. The first-order valence-corrected chi connectivity index (χ1v) is 6.91.